The van der Waals surface area contributed by atoms with E-state index in [1.165, 1.54) is 0 Å². The van der Waals surface area contributed by atoms with Crippen molar-refractivity contribution >= 4 is 23.7 Å². The Morgan fingerprint density at radius 2 is 1.81 bits per heavy atom. The second-order valence-corrected chi connectivity index (χ2v) is 4.93. The van der Waals surface area contributed by atoms with E-state index in [1.54, 1.807) is 0 Å². The average Bonchev–Trinajstić information content (AvgIpc) is 2.68. The van der Waals surface area contributed by atoms with Crippen LogP contribution in [0.3, 0.4) is 0 Å². The Balaban J connectivity index is 0.00000128. The Hall–Kier alpha value is -0.330. The van der Waals surface area contributed by atoms with Crippen molar-refractivity contribution in [2.75, 3.05) is 0 Å². The van der Waals surface area contributed by atoms with Crippen LogP contribution in [0.2, 0.25) is 0 Å². The van der Waals surface area contributed by atoms with Crippen LogP contribution in [0.5, 0.6) is 0 Å². The van der Waals surface area contributed by atoms with Gasteiger partial charge in [-0.1, -0.05) is 11.3 Å². The molecule has 2 rings (SSSR count). The Kier molecular flexibility index (Phi) is 5.01. The number of nitrogens with zero attached hydrogens (tertiary/aromatic N) is 2. The molecule has 2 N–H and O–H groups in total. The van der Waals surface area contributed by atoms with Gasteiger partial charge >= 0.3 is 0 Å². The van der Waals surface area contributed by atoms with E-state index < -0.39 is 6.43 Å². The zero-order valence-electron chi connectivity index (χ0n) is 8.60. The molecule has 1 fully saturated rings. The van der Waals surface area contributed by atoms with Gasteiger partial charge in [0.05, 0.1) is 0 Å². The molecule has 1 aromatic rings. The number of hydrogen-bond donors (Lipinski definition) is 1. The molecule has 92 valence electrons. The molecule has 0 atom stereocenters. The van der Waals surface area contributed by atoms with Crippen molar-refractivity contribution in [1.29, 1.82) is 0 Å². The maximum absolute atomic E-state index is 12.3. The van der Waals surface area contributed by atoms with Crippen LogP contribution in [0.1, 0.15) is 48.0 Å². The van der Waals surface area contributed by atoms with Crippen LogP contribution in [0.4, 0.5) is 8.78 Å². The first-order valence-electron chi connectivity index (χ1n) is 5.04. The van der Waals surface area contributed by atoms with Gasteiger partial charge < -0.3 is 5.73 Å². The smallest absolute Gasteiger partial charge is 0.291 e. The molecule has 1 aliphatic carbocycles. The van der Waals surface area contributed by atoms with Crippen molar-refractivity contribution in [3.63, 3.8) is 0 Å². The summed E-state index contributed by atoms with van der Waals surface area (Å²) < 4.78 is 24.6. The van der Waals surface area contributed by atoms with Crippen LogP contribution in [-0.4, -0.2) is 16.2 Å². The maximum atomic E-state index is 12.3. The van der Waals surface area contributed by atoms with Gasteiger partial charge in [0.1, 0.15) is 5.01 Å². The summed E-state index contributed by atoms with van der Waals surface area (Å²) in [6.07, 6.45) is 1.29. The first-order chi connectivity index (χ1) is 7.16. The van der Waals surface area contributed by atoms with E-state index >= 15 is 0 Å². The fourth-order valence-corrected chi connectivity index (χ4v) is 2.73. The average molecular weight is 270 g/mol. The summed E-state index contributed by atoms with van der Waals surface area (Å²) in [4.78, 5) is 0. The van der Waals surface area contributed by atoms with Gasteiger partial charge in [-0.3, -0.25) is 0 Å². The first kappa shape index (κ1) is 13.7. The molecule has 0 bridgehead atoms. The molecule has 3 nitrogen and oxygen atoms in total. The molecule has 0 saturated heterocycles. The highest BCUT2D eigenvalue weighted by molar-refractivity contribution is 7.11. The molecule has 16 heavy (non-hydrogen) atoms. The van der Waals surface area contributed by atoms with Gasteiger partial charge in [-0.25, -0.2) is 8.78 Å². The molecule has 1 aromatic heterocycles. The van der Waals surface area contributed by atoms with Crippen LogP contribution in [0.25, 0.3) is 0 Å². The Morgan fingerprint density at radius 3 is 2.31 bits per heavy atom. The maximum Gasteiger partial charge on any atom is 0.291 e. The molecule has 0 radical (unpaired) electrons. The van der Waals surface area contributed by atoms with Gasteiger partial charge in [-0.2, -0.15) is 0 Å². The van der Waals surface area contributed by atoms with Crippen molar-refractivity contribution < 1.29 is 8.78 Å². The lowest BCUT2D eigenvalue weighted by atomic mass is 9.87. The highest BCUT2D eigenvalue weighted by Crippen LogP contribution is 2.35. The zero-order valence-corrected chi connectivity index (χ0v) is 10.2. The molecule has 0 aliphatic heterocycles. The molecule has 0 amide bonds. The van der Waals surface area contributed by atoms with Gasteiger partial charge in [0.25, 0.3) is 6.43 Å². The van der Waals surface area contributed by atoms with E-state index in [2.05, 4.69) is 10.2 Å². The minimum Gasteiger partial charge on any atom is -0.328 e. The Bertz CT molecular complexity index is 326. The molecular formula is C9H14ClF2N3S. The highest BCUT2D eigenvalue weighted by atomic mass is 35.5. The largest absolute Gasteiger partial charge is 0.328 e. The van der Waals surface area contributed by atoms with Crippen LogP contribution < -0.4 is 5.73 Å². The fourth-order valence-electron chi connectivity index (χ4n) is 1.87. The third kappa shape index (κ3) is 3.09. The zero-order chi connectivity index (χ0) is 10.8. The van der Waals surface area contributed by atoms with E-state index in [0.29, 0.717) is 0 Å². The van der Waals surface area contributed by atoms with E-state index in [9.17, 15) is 8.78 Å². The summed E-state index contributed by atoms with van der Waals surface area (Å²) in [6.45, 7) is 0. The topological polar surface area (TPSA) is 51.8 Å². The van der Waals surface area contributed by atoms with Gasteiger partial charge in [0.2, 0.25) is 0 Å². The van der Waals surface area contributed by atoms with Gasteiger partial charge in [-0.05, 0) is 25.7 Å². The molecule has 7 heteroatoms. The molecule has 0 aromatic carbocycles. The second kappa shape index (κ2) is 5.84. The Labute approximate surface area is 103 Å². The molecular weight excluding hydrogens is 256 g/mol. The van der Waals surface area contributed by atoms with Crippen molar-refractivity contribution in [3.05, 3.63) is 10.0 Å². The molecule has 1 saturated carbocycles. The SMILES string of the molecule is Cl.NC1CCC(c2nnc(C(F)F)s2)CC1. The quantitative estimate of drug-likeness (QED) is 0.898. The summed E-state index contributed by atoms with van der Waals surface area (Å²) in [7, 11) is 0. The van der Waals surface area contributed by atoms with Crippen molar-refractivity contribution in [1.82, 2.24) is 10.2 Å². The van der Waals surface area contributed by atoms with Crippen LogP contribution >= 0.6 is 23.7 Å². The van der Waals surface area contributed by atoms with Crippen molar-refractivity contribution in [2.24, 2.45) is 5.73 Å². The van der Waals surface area contributed by atoms with Crippen molar-refractivity contribution in [3.8, 4) is 0 Å². The normalized spacial score (nSPS) is 25.5. The third-order valence-electron chi connectivity index (χ3n) is 2.76. The van der Waals surface area contributed by atoms with Crippen LogP contribution in [0.15, 0.2) is 0 Å². The monoisotopic (exact) mass is 269 g/mol. The second-order valence-electron chi connectivity index (χ2n) is 3.89. The molecule has 0 spiro atoms. The number of aromatic nitrogens is 2. The number of nitrogens with two attached hydrogens (primary N) is 1. The fraction of sp³-hybridized carbons (Fsp3) is 0.778. The standard InChI is InChI=1S/C9H13F2N3S.ClH/c10-7(11)9-14-13-8(15-9)5-1-3-6(12)4-2-5;/h5-7H,1-4,12H2;1H. The number of hydrogen-bond acceptors (Lipinski definition) is 4. The summed E-state index contributed by atoms with van der Waals surface area (Å²) in [6, 6.07) is 0.267. The highest BCUT2D eigenvalue weighted by Gasteiger charge is 2.24. The predicted octanol–water partition coefficient (Wildman–Crippen LogP) is 2.88. The van der Waals surface area contributed by atoms with Gasteiger partial charge in [0.15, 0.2) is 5.01 Å². The Morgan fingerprint density at radius 1 is 1.19 bits per heavy atom. The minimum atomic E-state index is -2.50. The molecule has 1 heterocycles. The molecule has 1 aliphatic rings. The summed E-state index contributed by atoms with van der Waals surface area (Å²) in [5.41, 5.74) is 5.78. The van der Waals surface area contributed by atoms with E-state index in [1.807, 2.05) is 0 Å². The van der Waals surface area contributed by atoms with Gasteiger partial charge in [-0.15, -0.1) is 22.6 Å². The minimum absolute atomic E-state index is 0. The van der Waals surface area contributed by atoms with Crippen molar-refractivity contribution in [2.45, 2.75) is 44.1 Å². The number of alkyl halides is 2. The van der Waals surface area contributed by atoms with E-state index in [0.717, 1.165) is 42.0 Å². The first-order valence-corrected chi connectivity index (χ1v) is 5.85. The van der Waals surface area contributed by atoms with E-state index in [-0.39, 0.29) is 29.4 Å². The third-order valence-corrected chi connectivity index (χ3v) is 3.86. The number of rotatable bonds is 2. The van der Waals surface area contributed by atoms with Gasteiger partial charge in [0, 0.05) is 12.0 Å². The van der Waals surface area contributed by atoms with Crippen LogP contribution in [0, 0.1) is 0 Å². The summed E-state index contributed by atoms with van der Waals surface area (Å²) in [5.74, 6) is 0.287. The lowest BCUT2D eigenvalue weighted by molar-refractivity contribution is 0.150. The van der Waals surface area contributed by atoms with Crippen LogP contribution in [-0.2, 0) is 0 Å². The molecule has 0 unspecified atom stereocenters. The lowest BCUT2D eigenvalue weighted by Gasteiger charge is -2.23. The van der Waals surface area contributed by atoms with E-state index in [4.69, 9.17) is 5.73 Å². The lowest BCUT2D eigenvalue weighted by Crippen LogP contribution is -2.25. The predicted molar refractivity (Wildman–Crippen MR) is 61.3 cm³/mol. The summed E-state index contributed by atoms with van der Waals surface area (Å²) in [5, 5.41) is 7.91. The number of halogens is 3. The summed E-state index contributed by atoms with van der Waals surface area (Å²) >= 11 is 1.04.